The molecule has 3 saturated carbocycles. The van der Waals surface area contributed by atoms with Crippen molar-refractivity contribution >= 4 is 6.03 Å². The zero-order valence-electron chi connectivity index (χ0n) is 14.6. The lowest BCUT2D eigenvalue weighted by Gasteiger charge is -2.45. The molecule has 22 heavy (non-hydrogen) atoms. The van der Waals surface area contributed by atoms with E-state index in [2.05, 4.69) is 18.7 Å². The van der Waals surface area contributed by atoms with E-state index < -0.39 is 0 Å². The maximum Gasteiger partial charge on any atom is 0.320 e. The molecule has 3 heteroatoms. The van der Waals surface area contributed by atoms with Crippen LogP contribution in [0.3, 0.4) is 0 Å². The molecular formula is C19H34N2O. The number of hydrogen-bond acceptors (Lipinski definition) is 1. The highest BCUT2D eigenvalue weighted by Crippen LogP contribution is 2.44. The van der Waals surface area contributed by atoms with E-state index in [1.54, 1.807) is 0 Å². The van der Waals surface area contributed by atoms with Crippen LogP contribution in [0.1, 0.15) is 78.1 Å². The summed E-state index contributed by atoms with van der Waals surface area (Å²) >= 11 is 0. The van der Waals surface area contributed by atoms with E-state index in [-0.39, 0.29) is 0 Å². The van der Waals surface area contributed by atoms with Crippen LogP contribution in [0.25, 0.3) is 0 Å². The van der Waals surface area contributed by atoms with Crippen LogP contribution in [0.15, 0.2) is 0 Å². The Morgan fingerprint density at radius 2 is 1.41 bits per heavy atom. The van der Waals surface area contributed by atoms with Crippen LogP contribution in [-0.4, -0.2) is 41.0 Å². The third kappa shape index (κ3) is 3.28. The Morgan fingerprint density at radius 1 is 0.818 bits per heavy atom. The van der Waals surface area contributed by atoms with Gasteiger partial charge in [0.25, 0.3) is 0 Å². The average molecular weight is 306 g/mol. The molecule has 2 bridgehead atoms. The second-order valence-corrected chi connectivity index (χ2v) is 7.82. The maximum absolute atomic E-state index is 13.2. The van der Waals surface area contributed by atoms with Crippen LogP contribution < -0.4 is 0 Å². The minimum Gasteiger partial charge on any atom is -0.325 e. The van der Waals surface area contributed by atoms with Gasteiger partial charge >= 0.3 is 6.03 Å². The Hall–Kier alpha value is -0.730. The topological polar surface area (TPSA) is 23.6 Å². The van der Waals surface area contributed by atoms with E-state index in [1.165, 1.54) is 64.2 Å². The molecule has 2 unspecified atom stereocenters. The molecule has 2 atom stereocenters. The van der Waals surface area contributed by atoms with E-state index in [1.807, 2.05) is 4.90 Å². The second kappa shape index (κ2) is 7.23. The van der Waals surface area contributed by atoms with Gasteiger partial charge in [0.15, 0.2) is 0 Å². The molecule has 0 aromatic carbocycles. The van der Waals surface area contributed by atoms with Crippen LogP contribution in [0.4, 0.5) is 4.79 Å². The van der Waals surface area contributed by atoms with Crippen molar-refractivity contribution in [1.82, 2.24) is 9.80 Å². The highest BCUT2D eigenvalue weighted by molar-refractivity contribution is 5.75. The molecule has 0 spiro atoms. The summed E-state index contributed by atoms with van der Waals surface area (Å²) in [6, 6.07) is 1.38. The fourth-order valence-electron chi connectivity index (χ4n) is 5.33. The molecule has 0 aliphatic heterocycles. The number of amides is 2. The normalized spacial score (nSPS) is 32.0. The number of fused-ring (bicyclic) bond motifs is 2. The van der Waals surface area contributed by atoms with Gasteiger partial charge < -0.3 is 9.80 Å². The SMILES string of the molecule is CCN(CC)C(=O)N(C1CCCCC1)C1CC2CCC(C2)C1. The summed E-state index contributed by atoms with van der Waals surface area (Å²) in [5.74, 6) is 1.80. The molecule has 0 aromatic rings. The van der Waals surface area contributed by atoms with Gasteiger partial charge in [-0.1, -0.05) is 32.1 Å². The largest absolute Gasteiger partial charge is 0.325 e. The number of nitrogens with zero attached hydrogens (tertiary/aromatic N) is 2. The Morgan fingerprint density at radius 3 is 1.95 bits per heavy atom. The molecule has 3 fully saturated rings. The van der Waals surface area contributed by atoms with Gasteiger partial charge in [0, 0.05) is 25.2 Å². The number of carbonyl (C=O) groups excluding carboxylic acids is 1. The van der Waals surface area contributed by atoms with Crippen molar-refractivity contribution in [3.63, 3.8) is 0 Å². The smallest absolute Gasteiger partial charge is 0.320 e. The molecule has 0 aromatic heterocycles. The van der Waals surface area contributed by atoms with Gasteiger partial charge in [0.05, 0.1) is 0 Å². The van der Waals surface area contributed by atoms with Gasteiger partial charge in [-0.2, -0.15) is 0 Å². The first-order chi connectivity index (χ1) is 10.7. The first kappa shape index (κ1) is 16.1. The lowest BCUT2D eigenvalue weighted by molar-refractivity contribution is 0.0682. The molecule has 0 radical (unpaired) electrons. The molecule has 3 rings (SSSR count). The number of hydrogen-bond donors (Lipinski definition) is 0. The Labute approximate surface area is 136 Å². The van der Waals surface area contributed by atoms with E-state index in [0.717, 1.165) is 24.9 Å². The van der Waals surface area contributed by atoms with Crippen molar-refractivity contribution in [2.75, 3.05) is 13.1 Å². The minimum atomic E-state index is 0.336. The van der Waals surface area contributed by atoms with Crippen molar-refractivity contribution in [3.8, 4) is 0 Å². The number of urea groups is 1. The highest BCUT2D eigenvalue weighted by Gasteiger charge is 2.41. The van der Waals surface area contributed by atoms with E-state index in [0.29, 0.717) is 18.1 Å². The summed E-state index contributed by atoms with van der Waals surface area (Å²) in [4.78, 5) is 17.6. The third-order valence-corrected chi connectivity index (χ3v) is 6.48. The van der Waals surface area contributed by atoms with Gasteiger partial charge in [-0.15, -0.1) is 0 Å². The van der Waals surface area contributed by atoms with Crippen LogP contribution in [0.5, 0.6) is 0 Å². The predicted molar refractivity (Wildman–Crippen MR) is 90.9 cm³/mol. The van der Waals surface area contributed by atoms with Gasteiger partial charge in [-0.25, -0.2) is 4.79 Å². The molecule has 3 nitrogen and oxygen atoms in total. The lowest BCUT2D eigenvalue weighted by atomic mass is 9.83. The first-order valence-corrected chi connectivity index (χ1v) is 9.80. The quantitative estimate of drug-likeness (QED) is 0.741. The van der Waals surface area contributed by atoms with E-state index in [9.17, 15) is 4.79 Å². The average Bonchev–Trinajstić information content (AvgIpc) is 2.88. The standard InChI is InChI=1S/C19H34N2O/c1-3-20(4-2)19(22)21(17-8-6-5-7-9-17)18-13-15-10-11-16(12-15)14-18/h15-18H,3-14H2,1-2H3. The summed E-state index contributed by atoms with van der Waals surface area (Å²) < 4.78 is 0. The van der Waals surface area contributed by atoms with Crippen LogP contribution in [0.2, 0.25) is 0 Å². The second-order valence-electron chi connectivity index (χ2n) is 7.82. The Balaban J connectivity index is 1.77. The lowest BCUT2D eigenvalue weighted by Crippen LogP contribution is -2.54. The fourth-order valence-corrected chi connectivity index (χ4v) is 5.33. The fraction of sp³-hybridized carbons (Fsp3) is 0.947. The highest BCUT2D eigenvalue weighted by atomic mass is 16.2. The molecule has 0 saturated heterocycles. The van der Waals surface area contributed by atoms with Crippen molar-refractivity contribution in [2.24, 2.45) is 11.8 Å². The summed E-state index contributed by atoms with van der Waals surface area (Å²) in [7, 11) is 0. The monoisotopic (exact) mass is 306 g/mol. The zero-order chi connectivity index (χ0) is 15.5. The van der Waals surface area contributed by atoms with Crippen molar-refractivity contribution in [1.29, 1.82) is 0 Å². The predicted octanol–water partition coefficient (Wildman–Crippen LogP) is 4.66. The molecule has 3 aliphatic rings. The Kier molecular flexibility index (Phi) is 5.30. The summed E-state index contributed by atoms with van der Waals surface area (Å²) in [6.45, 7) is 5.92. The van der Waals surface area contributed by atoms with Crippen LogP contribution in [0, 0.1) is 11.8 Å². The van der Waals surface area contributed by atoms with Crippen molar-refractivity contribution < 1.29 is 4.79 Å². The molecule has 3 aliphatic carbocycles. The number of rotatable bonds is 4. The third-order valence-electron chi connectivity index (χ3n) is 6.48. The number of carbonyl (C=O) groups is 1. The summed E-state index contributed by atoms with van der Waals surface area (Å²) in [5.41, 5.74) is 0. The van der Waals surface area contributed by atoms with Gasteiger partial charge in [0.2, 0.25) is 0 Å². The van der Waals surface area contributed by atoms with E-state index >= 15 is 0 Å². The zero-order valence-corrected chi connectivity index (χ0v) is 14.6. The van der Waals surface area contributed by atoms with Gasteiger partial charge in [-0.05, 0) is 57.8 Å². The molecule has 2 amide bonds. The van der Waals surface area contributed by atoms with Gasteiger partial charge in [-0.3, -0.25) is 0 Å². The molecule has 126 valence electrons. The van der Waals surface area contributed by atoms with Crippen molar-refractivity contribution in [2.45, 2.75) is 90.1 Å². The van der Waals surface area contributed by atoms with Crippen LogP contribution in [-0.2, 0) is 0 Å². The summed E-state index contributed by atoms with van der Waals surface area (Å²) in [5, 5.41) is 0. The molecule has 0 heterocycles. The van der Waals surface area contributed by atoms with E-state index in [4.69, 9.17) is 0 Å². The van der Waals surface area contributed by atoms with Crippen LogP contribution >= 0.6 is 0 Å². The first-order valence-electron chi connectivity index (χ1n) is 9.80. The maximum atomic E-state index is 13.2. The van der Waals surface area contributed by atoms with Gasteiger partial charge in [0.1, 0.15) is 0 Å². The minimum absolute atomic E-state index is 0.336. The molecule has 0 N–H and O–H groups in total. The Bertz CT molecular complexity index is 362. The summed E-state index contributed by atoms with van der Waals surface area (Å²) in [6.07, 6.45) is 13.3. The molecular weight excluding hydrogens is 272 g/mol. The van der Waals surface area contributed by atoms with Crippen molar-refractivity contribution in [3.05, 3.63) is 0 Å².